The number of carbonyl (C=O) groups is 3. The lowest BCUT2D eigenvalue weighted by Crippen LogP contribution is -2.55. The maximum Gasteiger partial charge on any atom is 0.329 e. The number of hydrogen-bond donors (Lipinski definition) is 4. The van der Waals surface area contributed by atoms with E-state index in [2.05, 4.69) is 16.0 Å². The van der Waals surface area contributed by atoms with Gasteiger partial charge >= 0.3 is 12.0 Å². The number of hydrogen-bond acceptors (Lipinski definition) is 3. The van der Waals surface area contributed by atoms with E-state index in [1.165, 1.54) is 0 Å². The van der Waals surface area contributed by atoms with Crippen molar-refractivity contribution in [2.45, 2.75) is 37.6 Å². The van der Waals surface area contributed by atoms with E-state index in [1.54, 1.807) is 36.4 Å². The molecule has 0 atom stereocenters. The maximum atomic E-state index is 12.5. The van der Waals surface area contributed by atoms with Crippen LogP contribution in [0.2, 0.25) is 0 Å². The number of urea groups is 1. The first-order chi connectivity index (χ1) is 13.5. The lowest BCUT2D eigenvalue weighted by molar-refractivity contribution is -0.145. The molecule has 0 saturated heterocycles. The zero-order valence-electron chi connectivity index (χ0n) is 15.4. The summed E-state index contributed by atoms with van der Waals surface area (Å²) in [6.07, 6.45) is 3.43. The van der Waals surface area contributed by atoms with Gasteiger partial charge in [-0.3, -0.25) is 4.79 Å². The summed E-state index contributed by atoms with van der Waals surface area (Å²) < 4.78 is 0. The second kappa shape index (κ2) is 8.56. The average Bonchev–Trinajstić information content (AvgIpc) is 2.70. The molecule has 0 aromatic heterocycles. The van der Waals surface area contributed by atoms with Gasteiger partial charge in [0.05, 0.1) is 0 Å². The van der Waals surface area contributed by atoms with Gasteiger partial charge in [-0.15, -0.1) is 0 Å². The molecule has 1 fully saturated rings. The van der Waals surface area contributed by atoms with E-state index in [4.69, 9.17) is 0 Å². The minimum absolute atomic E-state index is 0.347. The molecule has 2 aromatic carbocycles. The molecule has 0 aliphatic heterocycles. The Hall–Kier alpha value is -3.35. The summed E-state index contributed by atoms with van der Waals surface area (Å²) in [6, 6.07) is 15.0. The van der Waals surface area contributed by atoms with Gasteiger partial charge in [0.1, 0.15) is 5.54 Å². The van der Waals surface area contributed by atoms with Crippen molar-refractivity contribution in [1.29, 1.82) is 0 Å². The van der Waals surface area contributed by atoms with Crippen molar-refractivity contribution in [3.05, 3.63) is 60.2 Å². The van der Waals surface area contributed by atoms with Crippen LogP contribution in [-0.4, -0.2) is 28.6 Å². The van der Waals surface area contributed by atoms with Crippen LogP contribution in [0.3, 0.4) is 0 Å². The summed E-state index contributed by atoms with van der Waals surface area (Å²) >= 11 is 0. The molecule has 28 heavy (non-hydrogen) atoms. The maximum absolute atomic E-state index is 12.5. The third-order valence-electron chi connectivity index (χ3n) is 4.91. The quantitative estimate of drug-likeness (QED) is 0.631. The molecule has 3 amide bonds. The van der Waals surface area contributed by atoms with Crippen molar-refractivity contribution >= 4 is 29.3 Å². The van der Waals surface area contributed by atoms with Crippen LogP contribution < -0.4 is 16.0 Å². The Labute approximate surface area is 163 Å². The minimum Gasteiger partial charge on any atom is -0.480 e. The van der Waals surface area contributed by atoms with Gasteiger partial charge in [0.2, 0.25) is 0 Å². The van der Waals surface area contributed by atoms with Crippen molar-refractivity contribution in [2.75, 3.05) is 10.6 Å². The monoisotopic (exact) mass is 381 g/mol. The number of aliphatic carboxylic acids is 1. The van der Waals surface area contributed by atoms with Crippen LogP contribution in [0.15, 0.2) is 54.6 Å². The van der Waals surface area contributed by atoms with Crippen LogP contribution in [0.25, 0.3) is 0 Å². The zero-order valence-corrected chi connectivity index (χ0v) is 15.4. The first-order valence-electron chi connectivity index (χ1n) is 9.28. The predicted octanol–water partition coefficient (Wildman–Crippen LogP) is 3.85. The Balaban J connectivity index is 1.61. The Kier molecular flexibility index (Phi) is 5.93. The Morgan fingerprint density at radius 1 is 0.786 bits per heavy atom. The van der Waals surface area contributed by atoms with Crippen LogP contribution >= 0.6 is 0 Å². The number of carbonyl (C=O) groups excluding carboxylic acids is 2. The van der Waals surface area contributed by atoms with Gasteiger partial charge in [-0.25, -0.2) is 9.59 Å². The highest BCUT2D eigenvalue weighted by Crippen LogP contribution is 2.29. The van der Waals surface area contributed by atoms with E-state index >= 15 is 0 Å². The van der Waals surface area contributed by atoms with Crippen LogP contribution in [0.4, 0.5) is 16.2 Å². The van der Waals surface area contributed by atoms with Gasteiger partial charge < -0.3 is 21.1 Å². The fraction of sp³-hybridized carbons (Fsp3) is 0.286. The van der Waals surface area contributed by atoms with E-state index in [1.807, 2.05) is 18.2 Å². The number of carboxylic acids is 1. The highest BCUT2D eigenvalue weighted by Gasteiger charge is 2.41. The van der Waals surface area contributed by atoms with E-state index in [9.17, 15) is 19.5 Å². The molecule has 4 N–H and O–H groups in total. The van der Waals surface area contributed by atoms with Crippen molar-refractivity contribution in [1.82, 2.24) is 5.32 Å². The first-order valence-corrected chi connectivity index (χ1v) is 9.28. The van der Waals surface area contributed by atoms with Gasteiger partial charge in [0, 0.05) is 16.9 Å². The lowest BCUT2D eigenvalue weighted by atomic mass is 9.81. The average molecular weight is 381 g/mol. The number of carboxylic acid groups (broad SMARTS) is 1. The van der Waals surface area contributed by atoms with Gasteiger partial charge in [0.15, 0.2) is 0 Å². The fourth-order valence-corrected chi connectivity index (χ4v) is 3.36. The number of nitrogens with one attached hydrogen (secondary N) is 3. The fourth-order valence-electron chi connectivity index (χ4n) is 3.36. The predicted molar refractivity (Wildman–Crippen MR) is 106 cm³/mol. The van der Waals surface area contributed by atoms with E-state index in [0.29, 0.717) is 29.8 Å². The molecule has 0 bridgehead atoms. The number of rotatable bonds is 5. The molecule has 3 rings (SSSR count). The van der Waals surface area contributed by atoms with Crippen LogP contribution in [-0.2, 0) is 4.79 Å². The summed E-state index contributed by atoms with van der Waals surface area (Å²) in [6.45, 7) is 0. The molecular formula is C21H23N3O4. The number of amides is 3. The van der Waals surface area contributed by atoms with Crippen molar-refractivity contribution in [2.24, 2.45) is 0 Å². The Morgan fingerprint density at radius 2 is 1.36 bits per heavy atom. The van der Waals surface area contributed by atoms with E-state index in [-0.39, 0.29) is 0 Å². The molecule has 1 aliphatic carbocycles. The molecule has 1 aliphatic rings. The first kappa shape index (κ1) is 19.4. The molecule has 0 unspecified atom stereocenters. The van der Waals surface area contributed by atoms with Gasteiger partial charge in [-0.2, -0.15) is 0 Å². The molecule has 0 radical (unpaired) electrons. The van der Waals surface area contributed by atoms with Gasteiger partial charge in [-0.1, -0.05) is 37.5 Å². The van der Waals surface area contributed by atoms with Crippen molar-refractivity contribution in [3.8, 4) is 0 Å². The molecule has 7 heteroatoms. The van der Waals surface area contributed by atoms with Crippen LogP contribution in [0.5, 0.6) is 0 Å². The molecular weight excluding hydrogens is 358 g/mol. The molecule has 7 nitrogen and oxygen atoms in total. The molecule has 0 heterocycles. The summed E-state index contributed by atoms with van der Waals surface area (Å²) in [5.74, 6) is -1.42. The summed E-state index contributed by atoms with van der Waals surface area (Å²) in [4.78, 5) is 36.2. The zero-order chi connectivity index (χ0) is 20.0. The normalized spacial score (nSPS) is 15.3. The topological polar surface area (TPSA) is 108 Å². The number of anilines is 2. The van der Waals surface area contributed by atoms with Gasteiger partial charge in [0.25, 0.3) is 5.91 Å². The molecule has 1 saturated carbocycles. The second-order valence-electron chi connectivity index (χ2n) is 6.92. The second-order valence-corrected chi connectivity index (χ2v) is 6.92. The summed E-state index contributed by atoms with van der Waals surface area (Å²) in [5, 5.41) is 17.7. The highest BCUT2D eigenvalue weighted by molar-refractivity contribution is 6.01. The number of para-hydroxylation sites is 1. The third-order valence-corrected chi connectivity index (χ3v) is 4.91. The van der Waals surface area contributed by atoms with Crippen molar-refractivity contribution < 1.29 is 19.5 Å². The Bertz CT molecular complexity index is 844. The SMILES string of the molecule is O=C(Nc1ccccc1)Nc1ccc(C(=O)NC2(C(=O)O)CCCCC2)cc1. The molecule has 0 spiro atoms. The third kappa shape index (κ3) is 4.68. The largest absolute Gasteiger partial charge is 0.480 e. The summed E-state index contributed by atoms with van der Waals surface area (Å²) in [7, 11) is 0. The van der Waals surface area contributed by atoms with E-state index < -0.39 is 23.4 Å². The minimum atomic E-state index is -1.19. The van der Waals surface area contributed by atoms with Crippen molar-refractivity contribution in [3.63, 3.8) is 0 Å². The molecule has 2 aromatic rings. The standard InChI is InChI=1S/C21H23N3O4/c25-18(24-21(19(26)27)13-5-2-6-14-21)15-9-11-17(12-10-15)23-20(28)22-16-7-3-1-4-8-16/h1,3-4,7-12H,2,5-6,13-14H2,(H,24,25)(H,26,27)(H2,22,23,28). The number of benzene rings is 2. The van der Waals surface area contributed by atoms with Gasteiger partial charge in [-0.05, 0) is 49.2 Å². The lowest BCUT2D eigenvalue weighted by Gasteiger charge is -2.34. The summed E-state index contributed by atoms with van der Waals surface area (Å²) in [5.41, 5.74) is 0.347. The highest BCUT2D eigenvalue weighted by atomic mass is 16.4. The van der Waals surface area contributed by atoms with E-state index in [0.717, 1.165) is 19.3 Å². The molecule has 146 valence electrons. The Morgan fingerprint density at radius 3 is 1.93 bits per heavy atom. The van der Waals surface area contributed by atoms with Crippen LogP contribution in [0.1, 0.15) is 42.5 Å². The smallest absolute Gasteiger partial charge is 0.329 e. The van der Waals surface area contributed by atoms with Crippen LogP contribution in [0, 0.1) is 0 Å².